The maximum Gasteiger partial charge on any atom is 0.235 e. The second-order valence-corrected chi connectivity index (χ2v) is 7.07. The zero-order chi connectivity index (χ0) is 15.7. The van der Waals surface area contributed by atoms with E-state index in [9.17, 15) is 4.79 Å². The van der Waals surface area contributed by atoms with Gasteiger partial charge in [-0.15, -0.1) is 5.10 Å². The number of nitrogens with zero attached hydrogens (tertiary/aromatic N) is 4. The summed E-state index contributed by atoms with van der Waals surface area (Å²) in [7, 11) is 3.54. The molecule has 0 saturated heterocycles. The number of amides is 1. The fraction of sp³-hybridized carbons (Fsp3) is 0.438. The third-order valence-electron chi connectivity index (χ3n) is 3.63. The molecule has 3 rings (SSSR count). The average molecular weight is 316 g/mol. The van der Waals surface area contributed by atoms with E-state index in [-0.39, 0.29) is 11.2 Å². The fourth-order valence-corrected chi connectivity index (χ4v) is 3.19. The van der Waals surface area contributed by atoms with Gasteiger partial charge >= 0.3 is 0 Å². The number of hydrogen-bond donors (Lipinski definition) is 0. The highest BCUT2D eigenvalue weighted by atomic mass is 32.2. The molecular weight excluding hydrogens is 296 g/mol. The molecule has 1 atom stereocenters. The van der Waals surface area contributed by atoms with Crippen molar-refractivity contribution in [3.8, 4) is 5.69 Å². The van der Waals surface area contributed by atoms with Crippen LogP contribution in [0.2, 0.25) is 0 Å². The summed E-state index contributed by atoms with van der Waals surface area (Å²) in [6.07, 6.45) is 2.34. The number of thioether (sulfide) groups is 1. The standard InChI is InChI=1S/C16H20N4OS/c1-11(15(21)19(2)3)22-16-17-14(12-9-10-12)20(18-16)13-7-5-4-6-8-13/h4-8,11-12H,9-10H2,1-3H3. The van der Waals surface area contributed by atoms with Crippen molar-refractivity contribution in [1.82, 2.24) is 19.7 Å². The van der Waals surface area contributed by atoms with Crippen molar-refractivity contribution in [2.24, 2.45) is 0 Å². The van der Waals surface area contributed by atoms with E-state index in [0.717, 1.165) is 11.5 Å². The first kappa shape index (κ1) is 15.1. The summed E-state index contributed by atoms with van der Waals surface area (Å²) in [5.74, 6) is 1.59. The van der Waals surface area contributed by atoms with Gasteiger partial charge in [0, 0.05) is 20.0 Å². The van der Waals surface area contributed by atoms with Crippen molar-refractivity contribution < 1.29 is 4.79 Å². The first-order valence-electron chi connectivity index (χ1n) is 7.46. The van der Waals surface area contributed by atoms with Gasteiger partial charge in [0.25, 0.3) is 0 Å². The second kappa shape index (κ2) is 6.12. The van der Waals surface area contributed by atoms with Gasteiger partial charge in [0.05, 0.1) is 10.9 Å². The highest BCUT2D eigenvalue weighted by Gasteiger charge is 2.31. The first-order chi connectivity index (χ1) is 10.6. The number of carbonyl (C=O) groups excluding carboxylic acids is 1. The Labute approximate surface area is 134 Å². The maximum atomic E-state index is 12.0. The van der Waals surface area contributed by atoms with Crippen LogP contribution in [0.3, 0.4) is 0 Å². The van der Waals surface area contributed by atoms with Crippen LogP contribution in [0.15, 0.2) is 35.5 Å². The minimum Gasteiger partial charge on any atom is -0.348 e. The molecule has 1 aromatic heterocycles. The Bertz CT molecular complexity index is 664. The molecule has 1 saturated carbocycles. The molecule has 5 nitrogen and oxygen atoms in total. The topological polar surface area (TPSA) is 51.0 Å². The van der Waals surface area contributed by atoms with Crippen molar-refractivity contribution in [3.63, 3.8) is 0 Å². The smallest absolute Gasteiger partial charge is 0.235 e. The summed E-state index contributed by atoms with van der Waals surface area (Å²) < 4.78 is 1.92. The molecular formula is C16H20N4OS. The van der Waals surface area contributed by atoms with Gasteiger partial charge in [-0.1, -0.05) is 30.0 Å². The predicted octanol–water partition coefficient (Wildman–Crippen LogP) is 2.71. The monoisotopic (exact) mass is 316 g/mol. The zero-order valence-corrected chi connectivity index (χ0v) is 13.9. The number of aromatic nitrogens is 3. The third-order valence-corrected chi connectivity index (χ3v) is 4.57. The van der Waals surface area contributed by atoms with Crippen LogP contribution in [0.4, 0.5) is 0 Å². The van der Waals surface area contributed by atoms with Gasteiger partial charge in [0.2, 0.25) is 11.1 Å². The fourth-order valence-electron chi connectivity index (χ4n) is 2.29. The van der Waals surface area contributed by atoms with E-state index in [0.29, 0.717) is 11.1 Å². The molecule has 0 aliphatic heterocycles. The van der Waals surface area contributed by atoms with Crippen LogP contribution >= 0.6 is 11.8 Å². The number of carbonyl (C=O) groups is 1. The normalized spacial score (nSPS) is 15.6. The number of rotatable bonds is 5. The predicted molar refractivity (Wildman–Crippen MR) is 87.3 cm³/mol. The molecule has 22 heavy (non-hydrogen) atoms. The van der Waals surface area contributed by atoms with Gasteiger partial charge in [-0.25, -0.2) is 9.67 Å². The summed E-state index contributed by atoms with van der Waals surface area (Å²) in [6.45, 7) is 1.90. The lowest BCUT2D eigenvalue weighted by atomic mass is 10.3. The van der Waals surface area contributed by atoms with Crippen molar-refractivity contribution >= 4 is 17.7 Å². The van der Waals surface area contributed by atoms with Gasteiger partial charge < -0.3 is 4.90 Å². The van der Waals surface area contributed by atoms with E-state index in [1.807, 2.05) is 41.9 Å². The molecule has 1 aliphatic carbocycles. The Morgan fingerprint density at radius 1 is 1.32 bits per heavy atom. The number of hydrogen-bond acceptors (Lipinski definition) is 4. The average Bonchev–Trinajstić information content (AvgIpc) is 3.28. The van der Waals surface area contributed by atoms with Crippen LogP contribution in [-0.2, 0) is 4.79 Å². The number of benzene rings is 1. The van der Waals surface area contributed by atoms with Gasteiger partial charge in [-0.05, 0) is 31.9 Å². The minimum absolute atomic E-state index is 0.0778. The second-order valence-electron chi connectivity index (χ2n) is 5.77. The molecule has 0 radical (unpaired) electrons. The van der Waals surface area contributed by atoms with Crippen LogP contribution < -0.4 is 0 Å². The molecule has 0 spiro atoms. The highest BCUT2D eigenvalue weighted by Crippen LogP contribution is 2.40. The van der Waals surface area contributed by atoms with Crippen LogP contribution in [0.5, 0.6) is 0 Å². The van der Waals surface area contributed by atoms with Gasteiger partial charge in [-0.2, -0.15) is 0 Å². The van der Waals surface area contributed by atoms with Crippen LogP contribution in [0, 0.1) is 0 Å². The van der Waals surface area contributed by atoms with Crippen molar-refractivity contribution in [2.75, 3.05) is 14.1 Å². The Morgan fingerprint density at radius 2 is 2.00 bits per heavy atom. The van der Waals surface area contributed by atoms with Crippen LogP contribution in [0.1, 0.15) is 31.5 Å². The molecule has 6 heteroatoms. The lowest BCUT2D eigenvalue weighted by molar-refractivity contribution is -0.127. The lowest BCUT2D eigenvalue weighted by Gasteiger charge is -2.14. The van der Waals surface area contributed by atoms with E-state index in [1.54, 1.807) is 19.0 Å². The highest BCUT2D eigenvalue weighted by molar-refractivity contribution is 8.00. The number of para-hydroxylation sites is 1. The molecule has 1 amide bonds. The Morgan fingerprint density at radius 3 is 2.59 bits per heavy atom. The molecule has 116 valence electrons. The van der Waals surface area contributed by atoms with Crippen molar-refractivity contribution in [3.05, 3.63) is 36.2 Å². The molecule has 1 aromatic carbocycles. The molecule has 0 N–H and O–H groups in total. The first-order valence-corrected chi connectivity index (χ1v) is 8.34. The zero-order valence-electron chi connectivity index (χ0n) is 13.1. The molecule has 1 unspecified atom stereocenters. The summed E-state index contributed by atoms with van der Waals surface area (Å²) in [4.78, 5) is 18.3. The van der Waals surface area contributed by atoms with Crippen molar-refractivity contribution in [2.45, 2.75) is 36.1 Å². The third kappa shape index (κ3) is 3.16. The lowest BCUT2D eigenvalue weighted by Crippen LogP contribution is -2.29. The minimum atomic E-state index is -0.186. The molecule has 1 aliphatic rings. The molecule has 1 fully saturated rings. The molecule has 2 aromatic rings. The largest absolute Gasteiger partial charge is 0.348 e. The Hall–Kier alpha value is -1.82. The molecule has 0 bridgehead atoms. The van der Waals surface area contributed by atoms with Gasteiger partial charge in [0.15, 0.2) is 0 Å². The quantitative estimate of drug-likeness (QED) is 0.796. The van der Waals surface area contributed by atoms with E-state index in [2.05, 4.69) is 10.1 Å². The summed E-state index contributed by atoms with van der Waals surface area (Å²) in [5.41, 5.74) is 1.02. The summed E-state index contributed by atoms with van der Waals surface area (Å²) in [5, 5.41) is 5.11. The van der Waals surface area contributed by atoms with E-state index >= 15 is 0 Å². The summed E-state index contributed by atoms with van der Waals surface area (Å²) >= 11 is 1.42. The van der Waals surface area contributed by atoms with E-state index in [1.165, 1.54) is 24.6 Å². The van der Waals surface area contributed by atoms with Gasteiger partial charge in [-0.3, -0.25) is 4.79 Å². The van der Waals surface area contributed by atoms with E-state index < -0.39 is 0 Å². The Kier molecular flexibility index (Phi) is 4.20. The summed E-state index contributed by atoms with van der Waals surface area (Å²) in [6, 6.07) is 10.1. The van der Waals surface area contributed by atoms with Crippen LogP contribution in [-0.4, -0.2) is 44.9 Å². The maximum absolute atomic E-state index is 12.0. The van der Waals surface area contributed by atoms with Crippen LogP contribution in [0.25, 0.3) is 5.69 Å². The van der Waals surface area contributed by atoms with E-state index in [4.69, 9.17) is 0 Å². The SMILES string of the molecule is CC(Sc1nc(C2CC2)n(-c2ccccc2)n1)C(=O)N(C)C. The molecule has 1 heterocycles. The Balaban J connectivity index is 1.86. The van der Waals surface area contributed by atoms with Gasteiger partial charge in [0.1, 0.15) is 5.82 Å². The van der Waals surface area contributed by atoms with Crippen molar-refractivity contribution in [1.29, 1.82) is 0 Å².